The molecule has 68 heavy (non-hydrogen) atoms. The largest absolute Gasteiger partial charge is 0.368 e. The summed E-state index contributed by atoms with van der Waals surface area (Å²) in [5.74, 6) is 4.54. The van der Waals surface area contributed by atoms with Crippen molar-refractivity contribution in [1.82, 2.24) is 44.6 Å². The summed E-state index contributed by atoms with van der Waals surface area (Å²) in [5, 5.41) is 0. The van der Waals surface area contributed by atoms with Crippen molar-refractivity contribution < 1.29 is 0 Å². The van der Waals surface area contributed by atoms with Crippen molar-refractivity contribution in [3.8, 4) is 0 Å². The van der Waals surface area contributed by atoms with Gasteiger partial charge in [0.1, 0.15) is 17.5 Å². The van der Waals surface area contributed by atoms with Gasteiger partial charge in [-0.2, -0.15) is 15.0 Å². The Labute approximate surface area is 404 Å². The van der Waals surface area contributed by atoms with Crippen molar-refractivity contribution in [3.63, 3.8) is 0 Å². The number of hydrogen-bond donors (Lipinski definition) is 2. The van der Waals surface area contributed by atoms with E-state index in [4.69, 9.17) is 16.5 Å². The Bertz CT molecular complexity index is 2460. The molecule has 3 fully saturated rings. The Hall–Kier alpha value is -6.42. The maximum absolute atomic E-state index is 5.84. The number of hydrogen-bond acceptors (Lipinski definition) is 15. The molecule has 4 N–H and O–H groups in total. The van der Waals surface area contributed by atoms with E-state index in [1.807, 2.05) is 37.6 Å². The Morgan fingerprint density at radius 2 is 0.838 bits per heavy atom. The van der Waals surface area contributed by atoms with Crippen LogP contribution in [0.1, 0.15) is 51.4 Å². The minimum atomic E-state index is 0.349. The molecule has 15 nitrogen and oxygen atoms in total. The second kappa shape index (κ2) is 24.0. The molecule has 9 rings (SSSR count). The molecule has 6 aromatic rings. The van der Waals surface area contributed by atoms with Crippen LogP contribution in [0.4, 0.5) is 35.3 Å². The standard InChI is InChI=1S/2C18H25N5.C17H23N5/c1-21(2)18-19-14-16(13-15-7-5-4-6-8-15)17(20-18)23-11-9-22(3)10-12-23;1-3-22-8-10-23(11-9-22)17-16(13-20-18(19)21-17)12-15-6-4-14(2)5-7-15;1-13-3-5-14(6-4-13)11-15-12-19-17(18)20-16(15)22-9-7-21(2)8-10-22/h4-8,14H,9-13H2,1-3H3;4-7,13H,3,8-12H2,1-2H3,(H2,19,20,21);3-6,12H,7-11H2,1-2H3,(H2,18,19,20). The van der Waals surface area contributed by atoms with Crippen molar-refractivity contribution >= 4 is 35.3 Å². The average Bonchev–Trinajstić information content (AvgIpc) is 3.35. The van der Waals surface area contributed by atoms with Crippen LogP contribution in [0.15, 0.2) is 97.5 Å². The van der Waals surface area contributed by atoms with Gasteiger partial charge in [-0.05, 0) is 51.2 Å². The van der Waals surface area contributed by atoms with E-state index >= 15 is 0 Å². The van der Waals surface area contributed by atoms with E-state index in [2.05, 4.69) is 168 Å². The third kappa shape index (κ3) is 14.1. The summed E-state index contributed by atoms with van der Waals surface area (Å²) in [6.45, 7) is 19.9. The Morgan fingerprint density at radius 3 is 1.24 bits per heavy atom. The lowest BCUT2D eigenvalue weighted by atomic mass is 10.0. The summed E-state index contributed by atoms with van der Waals surface area (Å²) in [5.41, 5.74) is 21.5. The molecule has 360 valence electrons. The van der Waals surface area contributed by atoms with Gasteiger partial charge in [0.05, 0.1) is 0 Å². The normalized spacial score (nSPS) is 15.8. The van der Waals surface area contributed by atoms with Gasteiger partial charge in [-0.15, -0.1) is 0 Å². The highest BCUT2D eigenvalue weighted by Gasteiger charge is 2.23. The van der Waals surface area contributed by atoms with Crippen molar-refractivity contribution in [3.05, 3.63) is 142 Å². The van der Waals surface area contributed by atoms with Crippen LogP contribution in [0.3, 0.4) is 0 Å². The summed E-state index contributed by atoms with van der Waals surface area (Å²) >= 11 is 0. The van der Waals surface area contributed by atoms with Crippen molar-refractivity contribution in [2.45, 2.75) is 40.0 Å². The maximum atomic E-state index is 5.84. The van der Waals surface area contributed by atoms with Gasteiger partial charge in [0, 0.05) is 147 Å². The van der Waals surface area contributed by atoms with Crippen LogP contribution >= 0.6 is 0 Å². The molecule has 15 heteroatoms. The van der Waals surface area contributed by atoms with E-state index in [-0.39, 0.29) is 0 Å². The first-order valence-corrected chi connectivity index (χ1v) is 24.2. The van der Waals surface area contributed by atoms with Crippen LogP contribution in [0.2, 0.25) is 0 Å². The van der Waals surface area contributed by atoms with Crippen LogP contribution < -0.4 is 31.1 Å². The van der Waals surface area contributed by atoms with Gasteiger partial charge >= 0.3 is 0 Å². The Balaban J connectivity index is 0.000000151. The zero-order valence-electron chi connectivity index (χ0n) is 41.5. The first kappa shape index (κ1) is 49.5. The summed E-state index contributed by atoms with van der Waals surface area (Å²) < 4.78 is 0. The van der Waals surface area contributed by atoms with E-state index in [1.165, 1.54) is 33.4 Å². The number of nitrogens with zero attached hydrogens (tertiary/aromatic N) is 13. The molecule has 0 bridgehead atoms. The van der Waals surface area contributed by atoms with E-state index in [1.54, 1.807) is 0 Å². The minimum Gasteiger partial charge on any atom is -0.368 e. The average molecular weight is 920 g/mol. The van der Waals surface area contributed by atoms with Crippen LogP contribution in [-0.4, -0.2) is 158 Å². The number of nitrogens with two attached hydrogens (primary N) is 2. The van der Waals surface area contributed by atoms with Crippen LogP contribution in [-0.2, 0) is 19.3 Å². The molecule has 0 amide bonds. The Kier molecular flexibility index (Phi) is 17.5. The third-order valence-electron chi connectivity index (χ3n) is 12.9. The van der Waals surface area contributed by atoms with Gasteiger partial charge in [-0.3, -0.25) is 0 Å². The van der Waals surface area contributed by atoms with Gasteiger partial charge < -0.3 is 45.8 Å². The molecular weight excluding hydrogens is 847 g/mol. The fraction of sp³-hybridized carbons (Fsp3) is 0.434. The molecule has 0 saturated carbocycles. The number of aromatic nitrogens is 6. The van der Waals surface area contributed by atoms with E-state index in [0.29, 0.717) is 11.9 Å². The lowest BCUT2D eigenvalue weighted by molar-refractivity contribution is 0.270. The van der Waals surface area contributed by atoms with Gasteiger partial charge in [0.25, 0.3) is 0 Å². The molecule has 0 atom stereocenters. The second-order valence-corrected chi connectivity index (χ2v) is 18.6. The molecule has 3 aromatic heterocycles. The second-order valence-electron chi connectivity index (χ2n) is 18.6. The molecular formula is C53H73N15. The first-order chi connectivity index (χ1) is 32.9. The minimum absolute atomic E-state index is 0.349. The Morgan fingerprint density at radius 1 is 0.471 bits per heavy atom. The van der Waals surface area contributed by atoms with Crippen LogP contribution in [0, 0.1) is 13.8 Å². The van der Waals surface area contributed by atoms with Gasteiger partial charge in [-0.25, -0.2) is 15.0 Å². The lowest BCUT2D eigenvalue weighted by Gasteiger charge is -2.35. The first-order valence-electron chi connectivity index (χ1n) is 24.2. The fourth-order valence-corrected chi connectivity index (χ4v) is 8.60. The zero-order chi connectivity index (χ0) is 48.0. The molecule has 0 unspecified atom stereocenters. The van der Waals surface area contributed by atoms with Crippen LogP contribution in [0.5, 0.6) is 0 Å². The summed E-state index contributed by atoms with van der Waals surface area (Å²) in [6, 6.07) is 27.8. The highest BCUT2D eigenvalue weighted by molar-refractivity contribution is 5.54. The fourth-order valence-electron chi connectivity index (χ4n) is 8.60. The van der Waals surface area contributed by atoms with Gasteiger partial charge in [0.15, 0.2) is 0 Å². The zero-order valence-corrected chi connectivity index (χ0v) is 41.5. The summed E-state index contributed by atoms with van der Waals surface area (Å²) in [6.07, 6.45) is 8.28. The van der Waals surface area contributed by atoms with Crippen molar-refractivity contribution in [2.24, 2.45) is 0 Å². The molecule has 0 radical (unpaired) electrons. The number of likely N-dealkylation sites (N-methyl/N-ethyl adjacent to an activating group) is 3. The topological polar surface area (TPSA) is 152 Å². The highest BCUT2D eigenvalue weighted by atomic mass is 15.3. The highest BCUT2D eigenvalue weighted by Crippen LogP contribution is 2.26. The number of aryl methyl sites for hydroxylation is 2. The molecule has 6 heterocycles. The number of anilines is 6. The lowest BCUT2D eigenvalue weighted by Crippen LogP contribution is -2.46. The van der Waals surface area contributed by atoms with E-state index in [0.717, 1.165) is 139 Å². The van der Waals surface area contributed by atoms with Gasteiger partial charge in [-0.1, -0.05) is 96.9 Å². The van der Waals surface area contributed by atoms with Gasteiger partial charge in [0.2, 0.25) is 17.8 Å². The molecule has 3 aliphatic heterocycles. The summed E-state index contributed by atoms with van der Waals surface area (Å²) in [7, 11) is 8.30. The maximum Gasteiger partial charge on any atom is 0.226 e. The molecule has 0 spiro atoms. The van der Waals surface area contributed by atoms with E-state index < -0.39 is 0 Å². The molecule has 3 aliphatic rings. The van der Waals surface area contributed by atoms with Crippen molar-refractivity contribution in [2.75, 3.05) is 144 Å². The quantitative estimate of drug-likeness (QED) is 0.164. The predicted molar refractivity (Wildman–Crippen MR) is 280 cm³/mol. The number of nitrogen functional groups attached to an aromatic ring is 2. The molecule has 3 aromatic carbocycles. The predicted octanol–water partition coefficient (Wildman–Crippen LogP) is 5.69. The monoisotopic (exact) mass is 920 g/mol. The van der Waals surface area contributed by atoms with E-state index in [9.17, 15) is 0 Å². The van der Waals surface area contributed by atoms with Crippen molar-refractivity contribution in [1.29, 1.82) is 0 Å². The molecule has 3 saturated heterocycles. The number of benzene rings is 3. The third-order valence-corrected chi connectivity index (χ3v) is 12.9. The number of piperazine rings is 3. The molecule has 0 aliphatic carbocycles. The summed E-state index contributed by atoms with van der Waals surface area (Å²) in [4.78, 5) is 43.0. The smallest absolute Gasteiger partial charge is 0.226 e. The van der Waals surface area contributed by atoms with Crippen LogP contribution in [0.25, 0.3) is 0 Å². The SMILES string of the molecule is CCN1CCN(c2nc(N)ncc2Cc2ccc(C)cc2)CC1.CN1CCN(c2nc(N(C)C)ncc2Cc2ccccc2)CC1.Cc1ccc(Cc2cnc(N)nc2N2CCN(C)CC2)cc1. The number of rotatable bonds is 11.